The number of carbonyl (C=O) groups excluding carboxylic acids is 1. The third-order valence-electron chi connectivity index (χ3n) is 11.6. The van der Waals surface area contributed by atoms with Gasteiger partial charge in [-0.05, 0) is 80.6 Å². The monoisotopic (exact) mass is 603 g/mol. The second-order valence-corrected chi connectivity index (χ2v) is 14.7. The number of ether oxygens (including phenoxy) is 3. The number of hydrogen-bond donors (Lipinski definition) is 3. The van der Waals surface area contributed by atoms with Crippen molar-refractivity contribution in [2.24, 2.45) is 58.5 Å². The molecule has 7 unspecified atom stereocenters. The number of hydrogen-bond acceptors (Lipinski definition) is 7. The van der Waals surface area contributed by atoms with Gasteiger partial charge in [-0.15, -0.1) is 0 Å². The first-order valence-corrected chi connectivity index (χ1v) is 16.9. The first-order valence-electron chi connectivity index (χ1n) is 16.9. The summed E-state index contributed by atoms with van der Waals surface area (Å²) in [5.41, 5.74) is 6.95. The first kappa shape index (κ1) is 32.4. The van der Waals surface area contributed by atoms with E-state index in [1.165, 1.54) is 6.42 Å². The Morgan fingerprint density at radius 3 is 2.60 bits per heavy atom. The van der Waals surface area contributed by atoms with Crippen LogP contribution in [0.3, 0.4) is 0 Å². The lowest BCUT2D eigenvalue weighted by atomic mass is 9.45. The van der Waals surface area contributed by atoms with Gasteiger partial charge < -0.3 is 30.2 Å². The number of nitrogens with two attached hydrogens (primary N) is 1. The Morgan fingerprint density at radius 1 is 1.12 bits per heavy atom. The average Bonchev–Trinajstić information content (AvgIpc) is 2.94. The van der Waals surface area contributed by atoms with Crippen molar-refractivity contribution in [3.63, 3.8) is 0 Å². The van der Waals surface area contributed by atoms with Gasteiger partial charge in [0.25, 0.3) is 0 Å². The van der Waals surface area contributed by atoms with Gasteiger partial charge in [0.15, 0.2) is 5.78 Å². The zero-order valence-corrected chi connectivity index (χ0v) is 26.2. The lowest BCUT2D eigenvalue weighted by molar-refractivity contribution is -0.218. The molecule has 242 valence electrons. The molecule has 0 aromatic carbocycles. The van der Waals surface area contributed by atoms with Crippen molar-refractivity contribution < 1.29 is 38.8 Å². The third kappa shape index (κ3) is 6.41. The summed E-state index contributed by atoms with van der Waals surface area (Å²) in [6.45, 7) is 7.62. The van der Waals surface area contributed by atoms with Gasteiger partial charge in [0.2, 0.25) is 0 Å². The van der Waals surface area contributed by atoms with Crippen LogP contribution in [0, 0.1) is 52.8 Å². The minimum Gasteiger partial charge on any atom is -0.481 e. The lowest BCUT2D eigenvalue weighted by Crippen LogP contribution is -2.64. The normalized spacial score (nSPS) is 39.2. The van der Waals surface area contributed by atoms with E-state index in [0.29, 0.717) is 32.2 Å². The molecule has 4 aliphatic carbocycles. The Hall–Kier alpha value is -1.97. The average molecular weight is 604 g/mol. The molecule has 11 atom stereocenters. The zero-order chi connectivity index (χ0) is 30.9. The second-order valence-electron chi connectivity index (χ2n) is 14.7. The van der Waals surface area contributed by atoms with E-state index >= 15 is 0 Å². The lowest BCUT2D eigenvalue weighted by Gasteiger charge is -2.62. The van der Waals surface area contributed by atoms with E-state index in [4.69, 9.17) is 19.9 Å². The standard InChI is InChI=1S/C34H53NO8/c1-4-5-6-7-8-21(35)16-42-31-24-17-41-18-34(15-28(31)43-33(39)40)25(24)12-11-22-23-10-9-20(13-19(2)3)29(32(37)38)30(23)27(36)14-26(22)34/h14,19-25,28-31H,4-13,15-18,35H2,1-3H3,(H,37,38)(H,39,40)/t20?,21?,22?,23?,24?,25?,28-,29-,30?,31-,34+/m1/s1. The van der Waals surface area contributed by atoms with E-state index in [-0.39, 0.29) is 41.4 Å². The molecule has 43 heavy (non-hydrogen) atoms. The molecule has 0 radical (unpaired) electrons. The van der Waals surface area contributed by atoms with Gasteiger partial charge in [-0.2, -0.15) is 0 Å². The van der Waals surface area contributed by atoms with Crippen LogP contribution in [-0.2, 0) is 23.8 Å². The van der Waals surface area contributed by atoms with Gasteiger partial charge in [-0.25, -0.2) is 4.79 Å². The number of carboxylic acid groups (broad SMARTS) is 2. The summed E-state index contributed by atoms with van der Waals surface area (Å²) in [5, 5.41) is 20.0. The molecule has 2 bridgehead atoms. The molecule has 9 nitrogen and oxygen atoms in total. The SMILES string of the molecule is CCCCCCC(N)CO[C@@H]1C2COC[C@]3(C[C@H]1OC(=O)O)C1=CC(=O)C4C(CCC(CC(C)C)[C@H]4C(=O)O)C1CCC23. The maximum atomic E-state index is 13.9. The van der Waals surface area contributed by atoms with Gasteiger partial charge in [-0.1, -0.05) is 52.0 Å². The molecule has 0 amide bonds. The Labute approximate surface area is 256 Å². The van der Waals surface area contributed by atoms with Crippen LogP contribution < -0.4 is 5.73 Å². The second kappa shape index (κ2) is 13.6. The number of rotatable bonds is 12. The van der Waals surface area contributed by atoms with Crippen molar-refractivity contribution in [1.29, 1.82) is 0 Å². The summed E-state index contributed by atoms with van der Waals surface area (Å²) in [5.74, 6) is -1.49. The van der Waals surface area contributed by atoms with Crippen LogP contribution >= 0.6 is 0 Å². The molecular weight excluding hydrogens is 550 g/mol. The number of fused-ring (bicyclic) bond motifs is 3. The fraction of sp³-hybridized carbons (Fsp3) is 0.853. The minimum atomic E-state index is -1.33. The Bertz CT molecular complexity index is 1060. The van der Waals surface area contributed by atoms with Crippen LogP contribution in [0.15, 0.2) is 11.6 Å². The quantitative estimate of drug-likeness (QED) is 0.189. The summed E-state index contributed by atoms with van der Waals surface area (Å²) in [7, 11) is 0. The van der Waals surface area contributed by atoms with Gasteiger partial charge >= 0.3 is 12.1 Å². The first-order chi connectivity index (χ1) is 20.6. The molecule has 1 heterocycles. The van der Waals surface area contributed by atoms with Crippen molar-refractivity contribution in [1.82, 2.24) is 0 Å². The van der Waals surface area contributed by atoms with E-state index in [0.717, 1.165) is 63.4 Å². The summed E-state index contributed by atoms with van der Waals surface area (Å²) >= 11 is 0. The van der Waals surface area contributed by atoms with Gasteiger partial charge in [0.05, 0.1) is 31.8 Å². The molecule has 4 fully saturated rings. The minimum absolute atomic E-state index is 0.00787. The van der Waals surface area contributed by atoms with E-state index in [1.807, 2.05) is 0 Å². The number of ketones is 1. The van der Waals surface area contributed by atoms with E-state index in [9.17, 15) is 24.6 Å². The molecule has 1 saturated heterocycles. The summed E-state index contributed by atoms with van der Waals surface area (Å²) in [6.07, 6.45) is 9.40. The number of carbonyl (C=O) groups is 3. The molecular formula is C34H53NO8. The largest absolute Gasteiger partial charge is 0.506 e. The van der Waals surface area contributed by atoms with Gasteiger partial charge in [0.1, 0.15) is 6.10 Å². The molecule has 1 aliphatic heterocycles. The molecule has 5 aliphatic rings. The van der Waals surface area contributed by atoms with E-state index in [1.54, 1.807) is 6.08 Å². The van der Waals surface area contributed by atoms with Crippen molar-refractivity contribution in [2.45, 2.75) is 110 Å². The predicted molar refractivity (Wildman–Crippen MR) is 160 cm³/mol. The van der Waals surface area contributed by atoms with Gasteiger partial charge in [-0.3, -0.25) is 9.59 Å². The topological polar surface area (TPSA) is 145 Å². The Balaban J connectivity index is 1.40. The Kier molecular flexibility index (Phi) is 10.2. The number of unbranched alkanes of at least 4 members (excludes halogenated alkanes) is 3. The smallest absolute Gasteiger partial charge is 0.481 e. The molecule has 5 rings (SSSR count). The highest BCUT2D eigenvalue weighted by molar-refractivity contribution is 5.97. The fourth-order valence-electron chi connectivity index (χ4n) is 10.0. The van der Waals surface area contributed by atoms with Crippen LogP contribution in [0.2, 0.25) is 0 Å². The molecule has 3 saturated carbocycles. The highest BCUT2D eigenvalue weighted by Gasteiger charge is 2.64. The van der Waals surface area contributed by atoms with Gasteiger partial charge in [0, 0.05) is 23.3 Å². The molecule has 9 heteroatoms. The van der Waals surface area contributed by atoms with Crippen LogP contribution in [0.4, 0.5) is 4.79 Å². The summed E-state index contributed by atoms with van der Waals surface area (Å²) in [4.78, 5) is 38.4. The van der Waals surface area contributed by atoms with Crippen molar-refractivity contribution in [3.8, 4) is 0 Å². The number of allylic oxidation sites excluding steroid dienone is 1. The maximum Gasteiger partial charge on any atom is 0.506 e. The summed E-state index contributed by atoms with van der Waals surface area (Å²) in [6, 6.07) is -0.127. The highest BCUT2D eigenvalue weighted by Crippen LogP contribution is 2.64. The number of aliphatic carboxylic acids is 1. The predicted octanol–water partition coefficient (Wildman–Crippen LogP) is 5.69. The molecule has 0 spiro atoms. The van der Waals surface area contributed by atoms with E-state index < -0.39 is 41.6 Å². The fourth-order valence-corrected chi connectivity index (χ4v) is 10.0. The van der Waals surface area contributed by atoms with Crippen molar-refractivity contribution >= 4 is 17.9 Å². The van der Waals surface area contributed by atoms with Crippen molar-refractivity contribution in [2.75, 3.05) is 19.8 Å². The van der Waals surface area contributed by atoms with Crippen LogP contribution in [0.5, 0.6) is 0 Å². The summed E-state index contributed by atoms with van der Waals surface area (Å²) < 4.78 is 18.2. The van der Waals surface area contributed by atoms with Crippen LogP contribution in [0.1, 0.15) is 91.4 Å². The number of carboxylic acids is 1. The zero-order valence-electron chi connectivity index (χ0n) is 26.2. The van der Waals surface area contributed by atoms with E-state index in [2.05, 4.69) is 20.8 Å². The molecule has 0 aromatic rings. The maximum absolute atomic E-state index is 13.9. The van der Waals surface area contributed by atoms with Crippen molar-refractivity contribution in [3.05, 3.63) is 11.6 Å². The molecule has 4 N–H and O–H groups in total. The third-order valence-corrected chi connectivity index (χ3v) is 11.6. The Morgan fingerprint density at radius 2 is 1.91 bits per heavy atom. The molecule has 0 aromatic heterocycles. The highest BCUT2D eigenvalue weighted by atomic mass is 16.7. The van der Waals surface area contributed by atoms with Crippen LogP contribution in [0.25, 0.3) is 0 Å². The van der Waals surface area contributed by atoms with Crippen LogP contribution in [-0.4, -0.2) is 66.2 Å².